The summed E-state index contributed by atoms with van der Waals surface area (Å²) < 4.78 is 39.1. The van der Waals surface area contributed by atoms with E-state index in [-0.39, 0.29) is 5.56 Å². The number of hydrogen-bond donors (Lipinski definition) is 1. The van der Waals surface area contributed by atoms with Gasteiger partial charge >= 0.3 is 6.18 Å². The van der Waals surface area contributed by atoms with Crippen LogP contribution in [0.4, 0.5) is 13.2 Å². The van der Waals surface area contributed by atoms with Crippen molar-refractivity contribution < 1.29 is 18.3 Å². The molecular weight excluding hydrogens is 265 g/mol. The Morgan fingerprint density at radius 3 is 1.45 bits per heavy atom. The van der Waals surface area contributed by atoms with Crippen LogP contribution in [-0.4, -0.2) is 11.3 Å². The Bertz CT molecular complexity index is 444. The summed E-state index contributed by atoms with van der Waals surface area (Å²) >= 11 is 0. The lowest BCUT2D eigenvalue weighted by Crippen LogP contribution is -2.29. The molecule has 0 amide bonds. The Labute approximate surface area is 118 Å². The topological polar surface area (TPSA) is 20.2 Å². The molecule has 1 N–H and O–H groups in total. The van der Waals surface area contributed by atoms with Gasteiger partial charge in [0.2, 0.25) is 0 Å². The van der Waals surface area contributed by atoms with E-state index in [1.54, 1.807) is 18.2 Å². The first kappa shape index (κ1) is 17.0. The number of benzene rings is 1. The summed E-state index contributed by atoms with van der Waals surface area (Å²) in [5.41, 5.74) is 0.135. The molecule has 1 atom stereocenters. The molecule has 0 saturated carbocycles. The number of alkyl halides is 3. The summed E-state index contributed by atoms with van der Waals surface area (Å²) in [6, 6.07) is 5.09. The molecule has 0 radical (unpaired) electrons. The smallest absolute Gasteiger partial charge is 0.379 e. The molecule has 0 fully saturated rings. The largest absolute Gasteiger partial charge is 0.418 e. The zero-order valence-electron chi connectivity index (χ0n) is 12.9. The van der Waals surface area contributed by atoms with Crippen LogP contribution in [0.2, 0.25) is 0 Å². The average molecular weight is 288 g/mol. The summed E-state index contributed by atoms with van der Waals surface area (Å²) in [6.45, 7) is 11.1. The van der Waals surface area contributed by atoms with Gasteiger partial charge in [0.1, 0.15) is 0 Å². The summed E-state index contributed by atoms with van der Waals surface area (Å²) in [5.74, 6) is 0. The highest BCUT2D eigenvalue weighted by molar-refractivity contribution is 5.44. The highest BCUT2D eigenvalue weighted by Crippen LogP contribution is 2.42. The Kier molecular flexibility index (Phi) is 4.31. The standard InChI is InChI=1S/C16H23F3O/c1-14(2,3)10-8-7-9-11(15(4,5)6)12(10)13(20)16(17,18)19/h7-9,13,20H,1-6H3. The second-order valence-electron chi connectivity index (χ2n) is 7.21. The molecule has 0 aliphatic carbocycles. The van der Waals surface area contributed by atoms with Crippen LogP contribution in [-0.2, 0) is 10.8 Å². The van der Waals surface area contributed by atoms with Crippen LogP contribution in [0.3, 0.4) is 0 Å². The molecule has 0 spiro atoms. The van der Waals surface area contributed by atoms with E-state index in [2.05, 4.69) is 0 Å². The monoisotopic (exact) mass is 288 g/mol. The molecule has 20 heavy (non-hydrogen) atoms. The normalized spacial score (nSPS) is 15.3. The maximum absolute atomic E-state index is 13.0. The van der Waals surface area contributed by atoms with Crippen LogP contribution >= 0.6 is 0 Å². The Morgan fingerprint density at radius 1 is 0.850 bits per heavy atom. The zero-order valence-corrected chi connectivity index (χ0v) is 12.9. The first-order valence-electron chi connectivity index (χ1n) is 6.65. The van der Waals surface area contributed by atoms with Crippen LogP contribution in [0.15, 0.2) is 18.2 Å². The van der Waals surface area contributed by atoms with Crippen molar-refractivity contribution in [1.29, 1.82) is 0 Å². The van der Waals surface area contributed by atoms with Crippen molar-refractivity contribution in [2.45, 2.75) is 64.7 Å². The molecule has 114 valence electrons. The van der Waals surface area contributed by atoms with Crippen molar-refractivity contribution >= 4 is 0 Å². The van der Waals surface area contributed by atoms with Gasteiger partial charge in [0.05, 0.1) is 0 Å². The fourth-order valence-electron chi connectivity index (χ4n) is 2.33. The third-order valence-electron chi connectivity index (χ3n) is 3.31. The second kappa shape index (κ2) is 5.06. The quantitative estimate of drug-likeness (QED) is 0.781. The number of rotatable bonds is 1. The fraction of sp³-hybridized carbons (Fsp3) is 0.625. The van der Waals surface area contributed by atoms with Crippen LogP contribution in [0, 0.1) is 0 Å². The Balaban J connectivity index is 3.66. The van der Waals surface area contributed by atoms with E-state index < -0.39 is 23.1 Å². The minimum absolute atomic E-state index is 0.000000000000000444. The summed E-state index contributed by atoms with van der Waals surface area (Å²) in [6.07, 6.45) is -7.12. The lowest BCUT2D eigenvalue weighted by Gasteiger charge is -2.32. The molecule has 1 nitrogen and oxygen atoms in total. The van der Waals surface area contributed by atoms with Gasteiger partial charge in [0.15, 0.2) is 6.10 Å². The van der Waals surface area contributed by atoms with E-state index in [0.717, 1.165) is 0 Å². The SMILES string of the molecule is CC(C)(C)c1cccc(C(C)(C)C)c1C(O)C(F)(F)F. The Hall–Kier alpha value is -1.03. The Morgan fingerprint density at radius 2 is 1.20 bits per heavy atom. The van der Waals surface area contributed by atoms with Gasteiger partial charge in [0, 0.05) is 0 Å². The molecule has 0 bridgehead atoms. The van der Waals surface area contributed by atoms with Gasteiger partial charge in [0.25, 0.3) is 0 Å². The van der Waals surface area contributed by atoms with Gasteiger partial charge in [-0.3, -0.25) is 0 Å². The fourth-order valence-corrected chi connectivity index (χ4v) is 2.33. The molecule has 1 unspecified atom stereocenters. The van der Waals surface area contributed by atoms with E-state index in [0.29, 0.717) is 11.1 Å². The third-order valence-corrected chi connectivity index (χ3v) is 3.31. The molecule has 1 aromatic rings. The number of halogens is 3. The maximum Gasteiger partial charge on any atom is 0.418 e. The van der Waals surface area contributed by atoms with Gasteiger partial charge in [-0.25, -0.2) is 0 Å². The van der Waals surface area contributed by atoms with Crippen LogP contribution < -0.4 is 0 Å². The maximum atomic E-state index is 13.0. The predicted molar refractivity (Wildman–Crippen MR) is 74.9 cm³/mol. The molecule has 1 rings (SSSR count). The zero-order chi connectivity index (χ0) is 15.9. The van der Waals surface area contributed by atoms with Gasteiger partial charge in [-0.1, -0.05) is 59.7 Å². The lowest BCUT2D eigenvalue weighted by atomic mass is 9.74. The van der Waals surface area contributed by atoms with E-state index >= 15 is 0 Å². The molecule has 4 heteroatoms. The molecule has 0 aliphatic heterocycles. The van der Waals surface area contributed by atoms with Crippen LogP contribution in [0.5, 0.6) is 0 Å². The van der Waals surface area contributed by atoms with Gasteiger partial charge in [-0.15, -0.1) is 0 Å². The van der Waals surface area contributed by atoms with E-state index in [9.17, 15) is 18.3 Å². The van der Waals surface area contributed by atoms with E-state index in [4.69, 9.17) is 0 Å². The molecule has 0 aliphatic rings. The highest BCUT2D eigenvalue weighted by atomic mass is 19.4. The molecule has 0 saturated heterocycles. The first-order chi connectivity index (χ1) is 8.76. The predicted octanol–water partition coefficient (Wildman–Crippen LogP) is 4.88. The summed E-state index contributed by atoms with van der Waals surface area (Å²) in [4.78, 5) is 0. The van der Waals surface area contributed by atoms with Crippen LogP contribution in [0.1, 0.15) is 64.3 Å². The molecule has 1 aromatic carbocycles. The number of aliphatic hydroxyl groups excluding tert-OH is 1. The van der Waals surface area contributed by atoms with Crippen molar-refractivity contribution in [2.24, 2.45) is 0 Å². The van der Waals surface area contributed by atoms with Gasteiger partial charge in [-0.05, 0) is 27.5 Å². The van der Waals surface area contributed by atoms with Crippen molar-refractivity contribution in [2.75, 3.05) is 0 Å². The van der Waals surface area contributed by atoms with Gasteiger partial charge < -0.3 is 5.11 Å². The molecule has 0 aromatic heterocycles. The van der Waals surface area contributed by atoms with Crippen LogP contribution in [0.25, 0.3) is 0 Å². The van der Waals surface area contributed by atoms with Gasteiger partial charge in [-0.2, -0.15) is 13.2 Å². The molecular formula is C16H23F3O. The third kappa shape index (κ3) is 3.54. The van der Waals surface area contributed by atoms with Crippen molar-refractivity contribution in [1.82, 2.24) is 0 Å². The second-order valence-corrected chi connectivity index (χ2v) is 7.21. The minimum Gasteiger partial charge on any atom is -0.379 e. The first-order valence-corrected chi connectivity index (χ1v) is 6.65. The average Bonchev–Trinajstić information content (AvgIpc) is 2.23. The summed E-state index contributed by atoms with van der Waals surface area (Å²) in [7, 11) is 0. The lowest BCUT2D eigenvalue weighted by molar-refractivity contribution is -0.207. The van der Waals surface area contributed by atoms with E-state index in [1.165, 1.54) is 0 Å². The summed E-state index contributed by atoms with van der Waals surface area (Å²) in [5, 5.41) is 9.82. The molecule has 0 heterocycles. The number of aliphatic hydroxyl groups is 1. The van der Waals surface area contributed by atoms with E-state index in [1.807, 2.05) is 41.5 Å². The highest BCUT2D eigenvalue weighted by Gasteiger charge is 2.43. The minimum atomic E-state index is -4.67. The van der Waals surface area contributed by atoms with Crippen molar-refractivity contribution in [3.8, 4) is 0 Å². The van der Waals surface area contributed by atoms with Crippen molar-refractivity contribution in [3.63, 3.8) is 0 Å². The number of hydrogen-bond acceptors (Lipinski definition) is 1. The van der Waals surface area contributed by atoms with Crippen molar-refractivity contribution in [3.05, 3.63) is 34.9 Å².